The fraction of sp³-hybridized carbons (Fsp3) is 0.360. The van der Waals surface area contributed by atoms with Crippen LogP contribution in [-0.4, -0.2) is 57.9 Å². The van der Waals surface area contributed by atoms with E-state index < -0.39 is 5.41 Å². The van der Waals surface area contributed by atoms with Crippen LogP contribution in [-0.2, 0) is 16.0 Å². The molecule has 33 heavy (non-hydrogen) atoms. The Morgan fingerprint density at radius 2 is 1.61 bits per heavy atom. The molecule has 0 saturated carbocycles. The van der Waals surface area contributed by atoms with Crippen molar-refractivity contribution < 1.29 is 14.1 Å². The van der Waals surface area contributed by atoms with Gasteiger partial charge in [0.2, 0.25) is 11.8 Å². The molecule has 0 bridgehead atoms. The third kappa shape index (κ3) is 5.11. The molecule has 2 heterocycles. The molecule has 7 nitrogen and oxygen atoms in total. The predicted octanol–water partition coefficient (Wildman–Crippen LogP) is 3.93. The Kier molecular flexibility index (Phi) is 6.83. The number of rotatable bonds is 6. The minimum atomic E-state index is -0.607. The van der Waals surface area contributed by atoms with Crippen molar-refractivity contribution in [3.05, 3.63) is 77.4 Å². The molecule has 1 saturated heterocycles. The van der Waals surface area contributed by atoms with Crippen LogP contribution in [0.5, 0.6) is 0 Å². The summed E-state index contributed by atoms with van der Waals surface area (Å²) in [6.07, 6.45) is 0. The average molecular weight is 465 g/mol. The SMILES string of the molecule is Cc1nc(CSc2ccccc2C(=O)N2CCN(C(=O)C(C)(C)c3ccccc3)CC2)no1. The fourth-order valence-electron chi connectivity index (χ4n) is 3.97. The molecule has 0 unspecified atom stereocenters. The summed E-state index contributed by atoms with van der Waals surface area (Å²) in [6.45, 7) is 7.75. The van der Waals surface area contributed by atoms with Gasteiger partial charge < -0.3 is 14.3 Å². The molecule has 172 valence electrons. The molecule has 8 heteroatoms. The quantitative estimate of drug-likeness (QED) is 0.514. The van der Waals surface area contributed by atoms with Crippen LogP contribution in [0.4, 0.5) is 0 Å². The molecule has 2 aromatic carbocycles. The van der Waals surface area contributed by atoms with Crippen LogP contribution in [0, 0.1) is 6.92 Å². The van der Waals surface area contributed by atoms with Crippen LogP contribution >= 0.6 is 11.8 Å². The maximum atomic E-state index is 13.3. The van der Waals surface area contributed by atoms with Crippen LogP contribution in [0.1, 0.15) is 41.5 Å². The van der Waals surface area contributed by atoms with Gasteiger partial charge in [-0.3, -0.25) is 9.59 Å². The highest BCUT2D eigenvalue weighted by molar-refractivity contribution is 7.98. The summed E-state index contributed by atoms with van der Waals surface area (Å²) in [5, 5.41) is 3.92. The second-order valence-electron chi connectivity index (χ2n) is 8.59. The minimum absolute atomic E-state index is 0.0168. The first kappa shape index (κ1) is 23.0. The fourth-order valence-corrected chi connectivity index (χ4v) is 4.86. The van der Waals surface area contributed by atoms with Gasteiger partial charge >= 0.3 is 0 Å². The lowest BCUT2D eigenvalue weighted by Crippen LogP contribution is -2.54. The Labute approximate surface area is 198 Å². The molecule has 0 atom stereocenters. The van der Waals surface area contributed by atoms with Crippen LogP contribution in [0.2, 0.25) is 0 Å². The Bertz CT molecular complexity index is 1120. The molecule has 0 aliphatic carbocycles. The third-order valence-electron chi connectivity index (χ3n) is 5.93. The van der Waals surface area contributed by atoms with Crippen LogP contribution in [0.15, 0.2) is 64.0 Å². The van der Waals surface area contributed by atoms with Crippen molar-refractivity contribution in [2.45, 2.75) is 36.8 Å². The van der Waals surface area contributed by atoms with Crippen molar-refractivity contribution in [3.8, 4) is 0 Å². The lowest BCUT2D eigenvalue weighted by molar-refractivity contribution is -0.137. The van der Waals surface area contributed by atoms with Crippen molar-refractivity contribution in [2.75, 3.05) is 26.2 Å². The van der Waals surface area contributed by atoms with E-state index in [0.717, 1.165) is 10.5 Å². The Morgan fingerprint density at radius 1 is 0.970 bits per heavy atom. The number of hydrogen-bond donors (Lipinski definition) is 0. The molecular formula is C25H28N4O3S. The van der Waals surface area contributed by atoms with Gasteiger partial charge in [0.15, 0.2) is 5.82 Å². The zero-order valence-corrected chi connectivity index (χ0v) is 20.0. The highest BCUT2D eigenvalue weighted by Crippen LogP contribution is 2.28. The molecule has 0 N–H and O–H groups in total. The number of aryl methyl sites for hydroxylation is 1. The highest BCUT2D eigenvalue weighted by Gasteiger charge is 2.35. The molecule has 0 radical (unpaired) electrons. The number of piperazine rings is 1. The van der Waals surface area contributed by atoms with Gasteiger partial charge in [-0.1, -0.05) is 47.6 Å². The summed E-state index contributed by atoms with van der Waals surface area (Å²) in [4.78, 5) is 35.3. The third-order valence-corrected chi connectivity index (χ3v) is 7.00. The van der Waals surface area contributed by atoms with Gasteiger partial charge in [0.05, 0.1) is 16.7 Å². The van der Waals surface area contributed by atoms with Crippen molar-refractivity contribution >= 4 is 23.6 Å². The van der Waals surface area contributed by atoms with Crippen LogP contribution in [0.3, 0.4) is 0 Å². The summed E-state index contributed by atoms with van der Waals surface area (Å²) in [6, 6.07) is 17.4. The molecule has 3 aromatic rings. The van der Waals surface area contributed by atoms with Gasteiger partial charge in [0.1, 0.15) is 0 Å². The summed E-state index contributed by atoms with van der Waals surface area (Å²) in [5.74, 6) is 1.73. The van der Waals surface area contributed by atoms with E-state index in [9.17, 15) is 9.59 Å². The zero-order valence-electron chi connectivity index (χ0n) is 19.2. The van der Waals surface area contributed by atoms with Gasteiger partial charge in [-0.2, -0.15) is 4.98 Å². The predicted molar refractivity (Wildman–Crippen MR) is 127 cm³/mol. The number of carbonyl (C=O) groups excluding carboxylic acids is 2. The van der Waals surface area contributed by atoms with E-state index in [4.69, 9.17) is 4.52 Å². The van der Waals surface area contributed by atoms with E-state index in [-0.39, 0.29) is 11.8 Å². The van der Waals surface area contributed by atoms with E-state index >= 15 is 0 Å². The van der Waals surface area contributed by atoms with Crippen molar-refractivity contribution in [1.29, 1.82) is 0 Å². The Morgan fingerprint density at radius 3 is 2.27 bits per heavy atom. The molecule has 4 rings (SSSR count). The lowest BCUT2D eigenvalue weighted by Gasteiger charge is -2.39. The monoisotopic (exact) mass is 464 g/mol. The maximum absolute atomic E-state index is 13.3. The van der Waals surface area contributed by atoms with E-state index in [0.29, 0.717) is 49.2 Å². The van der Waals surface area contributed by atoms with Gasteiger partial charge in [-0.05, 0) is 31.5 Å². The molecule has 0 spiro atoms. The Balaban J connectivity index is 1.39. The minimum Gasteiger partial charge on any atom is -0.340 e. The van der Waals surface area contributed by atoms with Crippen molar-refractivity contribution in [2.24, 2.45) is 0 Å². The van der Waals surface area contributed by atoms with Gasteiger partial charge in [0.25, 0.3) is 5.91 Å². The van der Waals surface area contributed by atoms with Gasteiger partial charge in [0, 0.05) is 38.0 Å². The van der Waals surface area contributed by atoms with E-state index in [1.807, 2.05) is 78.2 Å². The maximum Gasteiger partial charge on any atom is 0.255 e. The first-order chi connectivity index (χ1) is 15.9. The molecule has 1 aromatic heterocycles. The normalized spacial score (nSPS) is 14.4. The number of thioether (sulfide) groups is 1. The molecule has 1 aliphatic rings. The highest BCUT2D eigenvalue weighted by atomic mass is 32.2. The zero-order chi connectivity index (χ0) is 23.4. The number of nitrogens with zero attached hydrogens (tertiary/aromatic N) is 4. The van der Waals surface area contributed by atoms with Gasteiger partial charge in [-0.15, -0.1) is 11.8 Å². The second kappa shape index (κ2) is 9.79. The largest absolute Gasteiger partial charge is 0.340 e. The molecule has 2 amide bonds. The van der Waals surface area contributed by atoms with Crippen molar-refractivity contribution in [1.82, 2.24) is 19.9 Å². The first-order valence-corrected chi connectivity index (χ1v) is 12.0. The number of benzene rings is 2. The molecular weight excluding hydrogens is 436 g/mol. The average Bonchev–Trinajstić information content (AvgIpc) is 3.27. The number of carbonyl (C=O) groups is 2. The number of aromatic nitrogens is 2. The summed E-state index contributed by atoms with van der Waals surface area (Å²) < 4.78 is 5.03. The van der Waals surface area contributed by atoms with E-state index in [2.05, 4.69) is 10.1 Å². The van der Waals surface area contributed by atoms with E-state index in [1.165, 1.54) is 11.8 Å². The number of amides is 2. The standard InChI is InChI=1S/C25H28N4O3S/c1-18-26-22(27-32-18)17-33-21-12-8-7-11-20(21)23(30)28-13-15-29(16-14-28)24(31)25(2,3)19-9-5-4-6-10-19/h4-12H,13-17H2,1-3H3. The number of hydrogen-bond acceptors (Lipinski definition) is 6. The smallest absolute Gasteiger partial charge is 0.255 e. The van der Waals surface area contributed by atoms with E-state index in [1.54, 1.807) is 6.92 Å². The lowest BCUT2D eigenvalue weighted by atomic mass is 9.83. The molecule has 1 fully saturated rings. The second-order valence-corrected chi connectivity index (χ2v) is 9.61. The summed E-state index contributed by atoms with van der Waals surface area (Å²) >= 11 is 1.52. The first-order valence-electron chi connectivity index (χ1n) is 11.0. The summed E-state index contributed by atoms with van der Waals surface area (Å²) in [7, 11) is 0. The van der Waals surface area contributed by atoms with Crippen LogP contribution < -0.4 is 0 Å². The molecule has 1 aliphatic heterocycles. The van der Waals surface area contributed by atoms with Crippen LogP contribution in [0.25, 0.3) is 0 Å². The Hall–Kier alpha value is -3.13. The topological polar surface area (TPSA) is 79.5 Å². The van der Waals surface area contributed by atoms with Crippen molar-refractivity contribution in [3.63, 3.8) is 0 Å². The van der Waals surface area contributed by atoms with Gasteiger partial charge in [-0.25, -0.2) is 0 Å². The summed E-state index contributed by atoms with van der Waals surface area (Å²) in [5.41, 5.74) is 1.05.